The molecule has 0 aliphatic rings. The minimum atomic E-state index is -0.581. The quantitative estimate of drug-likeness (QED) is 0.915. The summed E-state index contributed by atoms with van der Waals surface area (Å²) in [6.45, 7) is 6.43. The molecule has 0 fully saturated rings. The van der Waals surface area contributed by atoms with Crippen LogP contribution in [0, 0.1) is 19.7 Å². The molecule has 2 rings (SSSR count). The zero-order chi connectivity index (χ0) is 17.0. The van der Waals surface area contributed by atoms with Crippen LogP contribution in [0.1, 0.15) is 41.5 Å². The Morgan fingerprint density at radius 1 is 1.26 bits per heavy atom. The number of benzene rings is 1. The van der Waals surface area contributed by atoms with E-state index in [1.165, 1.54) is 18.2 Å². The van der Waals surface area contributed by atoms with E-state index < -0.39 is 11.7 Å². The van der Waals surface area contributed by atoms with E-state index in [0.29, 0.717) is 5.69 Å². The van der Waals surface area contributed by atoms with Gasteiger partial charge in [0.05, 0.1) is 5.69 Å². The second-order valence-electron chi connectivity index (χ2n) is 5.55. The molecule has 0 saturated carbocycles. The molecule has 0 atom stereocenters. The first kappa shape index (κ1) is 16.9. The van der Waals surface area contributed by atoms with Crippen LogP contribution in [0.5, 0.6) is 0 Å². The number of nitrogens with zero attached hydrogens (tertiary/aromatic N) is 1. The summed E-state index contributed by atoms with van der Waals surface area (Å²) in [7, 11) is 0. The van der Waals surface area contributed by atoms with Gasteiger partial charge < -0.3 is 9.88 Å². The van der Waals surface area contributed by atoms with Gasteiger partial charge in [0.25, 0.3) is 5.91 Å². The number of carbonyl (C=O) groups is 1. The van der Waals surface area contributed by atoms with E-state index in [0.717, 1.165) is 25.1 Å². The van der Waals surface area contributed by atoms with Crippen molar-refractivity contribution >= 4 is 11.6 Å². The van der Waals surface area contributed by atoms with E-state index in [4.69, 9.17) is 0 Å². The highest BCUT2D eigenvalue weighted by atomic mass is 19.1. The Bertz CT molecular complexity index is 781. The first-order valence-corrected chi connectivity index (χ1v) is 7.72. The molecule has 1 N–H and O–H groups in total. The second-order valence-corrected chi connectivity index (χ2v) is 5.55. The van der Waals surface area contributed by atoms with Crippen molar-refractivity contribution < 1.29 is 9.18 Å². The van der Waals surface area contributed by atoms with Crippen LogP contribution in [-0.4, -0.2) is 10.5 Å². The summed E-state index contributed by atoms with van der Waals surface area (Å²) < 4.78 is 15.6. The summed E-state index contributed by atoms with van der Waals surface area (Å²) in [6.07, 6.45) is 1.97. The summed E-state index contributed by atoms with van der Waals surface area (Å²) in [5.41, 5.74) is 1.22. The maximum absolute atomic E-state index is 13.7. The number of halogens is 1. The normalized spacial score (nSPS) is 10.6. The number of para-hydroxylation sites is 1. The molecule has 5 heteroatoms. The van der Waals surface area contributed by atoms with Gasteiger partial charge in [-0.2, -0.15) is 0 Å². The number of hydrogen-bond acceptors (Lipinski definition) is 2. The standard InChI is InChI=1S/C18H21FN2O2/c1-4-5-10-21-12(2)11-16(22)17(13(21)3)18(23)20-15-9-7-6-8-14(15)19/h6-9,11H,4-5,10H2,1-3H3,(H,20,23). The summed E-state index contributed by atoms with van der Waals surface area (Å²) in [5, 5.41) is 2.48. The molecular weight excluding hydrogens is 295 g/mol. The molecule has 4 nitrogen and oxygen atoms in total. The largest absolute Gasteiger partial charge is 0.348 e. The van der Waals surface area contributed by atoms with Crippen LogP contribution in [0.25, 0.3) is 0 Å². The summed E-state index contributed by atoms with van der Waals surface area (Å²) in [6, 6.07) is 7.35. The molecule has 0 spiro atoms. The molecule has 0 saturated heterocycles. The predicted octanol–water partition coefficient (Wildman–Crippen LogP) is 3.66. The van der Waals surface area contributed by atoms with Crippen LogP contribution >= 0.6 is 0 Å². The Morgan fingerprint density at radius 3 is 2.61 bits per heavy atom. The fraction of sp³-hybridized carbons (Fsp3) is 0.333. The Labute approximate surface area is 135 Å². The molecular formula is C18H21FN2O2. The molecule has 0 aliphatic heterocycles. The SMILES string of the molecule is CCCCn1c(C)cc(=O)c(C(=O)Nc2ccccc2F)c1C. The lowest BCUT2D eigenvalue weighted by Crippen LogP contribution is -2.27. The summed E-state index contributed by atoms with van der Waals surface area (Å²) in [4.78, 5) is 24.7. The number of hydrogen-bond donors (Lipinski definition) is 1. The molecule has 1 aromatic heterocycles. The number of anilines is 1. The smallest absolute Gasteiger partial charge is 0.261 e. The lowest BCUT2D eigenvalue weighted by atomic mass is 10.1. The number of pyridine rings is 1. The van der Waals surface area contributed by atoms with Gasteiger partial charge in [-0.05, 0) is 32.4 Å². The van der Waals surface area contributed by atoms with Gasteiger partial charge in [0, 0.05) is 24.0 Å². The molecule has 1 heterocycles. The van der Waals surface area contributed by atoms with E-state index in [1.54, 1.807) is 19.1 Å². The van der Waals surface area contributed by atoms with Crippen LogP contribution in [0.3, 0.4) is 0 Å². The third-order valence-corrected chi connectivity index (χ3v) is 3.86. The average Bonchev–Trinajstić information content (AvgIpc) is 2.49. The first-order chi connectivity index (χ1) is 11.0. The molecule has 0 unspecified atom stereocenters. The van der Waals surface area contributed by atoms with Crippen molar-refractivity contribution in [3.63, 3.8) is 0 Å². The maximum Gasteiger partial charge on any atom is 0.261 e. The van der Waals surface area contributed by atoms with E-state index in [9.17, 15) is 14.0 Å². The maximum atomic E-state index is 13.7. The van der Waals surface area contributed by atoms with Crippen LogP contribution in [-0.2, 0) is 6.54 Å². The molecule has 1 amide bonds. The predicted molar refractivity (Wildman–Crippen MR) is 89.4 cm³/mol. The highest BCUT2D eigenvalue weighted by molar-refractivity contribution is 6.05. The second kappa shape index (κ2) is 7.22. The minimum absolute atomic E-state index is 0.0648. The van der Waals surface area contributed by atoms with Crippen LogP contribution in [0.2, 0.25) is 0 Å². The number of amides is 1. The van der Waals surface area contributed by atoms with Gasteiger partial charge in [-0.15, -0.1) is 0 Å². The Balaban J connectivity index is 2.40. The lowest BCUT2D eigenvalue weighted by Gasteiger charge is -2.17. The van der Waals surface area contributed by atoms with Gasteiger partial charge in [-0.3, -0.25) is 9.59 Å². The molecule has 122 valence electrons. The monoisotopic (exact) mass is 316 g/mol. The van der Waals surface area contributed by atoms with E-state index in [1.807, 2.05) is 11.5 Å². The van der Waals surface area contributed by atoms with Gasteiger partial charge in [0.15, 0.2) is 5.43 Å². The lowest BCUT2D eigenvalue weighted by molar-refractivity contribution is 0.102. The molecule has 2 aromatic rings. The third kappa shape index (κ3) is 3.67. The van der Waals surface area contributed by atoms with Crippen LogP contribution < -0.4 is 10.7 Å². The number of carbonyl (C=O) groups excluding carboxylic acids is 1. The molecule has 1 aromatic carbocycles. The van der Waals surface area contributed by atoms with E-state index >= 15 is 0 Å². The number of unbranched alkanes of at least 4 members (excludes halogenated alkanes) is 1. The third-order valence-electron chi connectivity index (χ3n) is 3.86. The van der Waals surface area contributed by atoms with E-state index in [-0.39, 0.29) is 16.7 Å². The van der Waals surface area contributed by atoms with Crippen LogP contribution in [0.15, 0.2) is 35.1 Å². The zero-order valence-corrected chi connectivity index (χ0v) is 13.6. The van der Waals surface area contributed by atoms with Gasteiger partial charge in [-0.25, -0.2) is 4.39 Å². The van der Waals surface area contributed by atoms with Crippen molar-refractivity contribution in [1.82, 2.24) is 4.57 Å². The highest BCUT2D eigenvalue weighted by Crippen LogP contribution is 2.15. The fourth-order valence-electron chi connectivity index (χ4n) is 2.60. The topological polar surface area (TPSA) is 51.1 Å². The van der Waals surface area contributed by atoms with Crippen molar-refractivity contribution in [2.45, 2.75) is 40.2 Å². The van der Waals surface area contributed by atoms with Gasteiger partial charge in [-0.1, -0.05) is 25.5 Å². The van der Waals surface area contributed by atoms with Gasteiger partial charge >= 0.3 is 0 Å². The Hall–Kier alpha value is -2.43. The van der Waals surface area contributed by atoms with Gasteiger partial charge in [0.1, 0.15) is 11.4 Å². The van der Waals surface area contributed by atoms with E-state index in [2.05, 4.69) is 12.2 Å². The zero-order valence-electron chi connectivity index (χ0n) is 13.6. The van der Waals surface area contributed by atoms with Gasteiger partial charge in [0.2, 0.25) is 0 Å². The number of aryl methyl sites for hydroxylation is 1. The van der Waals surface area contributed by atoms with Crippen molar-refractivity contribution in [2.75, 3.05) is 5.32 Å². The van der Waals surface area contributed by atoms with Crippen molar-refractivity contribution in [3.8, 4) is 0 Å². The Kier molecular flexibility index (Phi) is 5.32. The van der Waals surface area contributed by atoms with Crippen molar-refractivity contribution in [1.29, 1.82) is 0 Å². The fourth-order valence-corrected chi connectivity index (χ4v) is 2.60. The molecule has 0 aliphatic carbocycles. The summed E-state index contributed by atoms with van der Waals surface area (Å²) >= 11 is 0. The van der Waals surface area contributed by atoms with Crippen LogP contribution in [0.4, 0.5) is 10.1 Å². The Morgan fingerprint density at radius 2 is 1.96 bits per heavy atom. The first-order valence-electron chi connectivity index (χ1n) is 7.72. The highest BCUT2D eigenvalue weighted by Gasteiger charge is 2.18. The van der Waals surface area contributed by atoms with Crippen molar-refractivity contribution in [3.05, 3.63) is 63.3 Å². The minimum Gasteiger partial charge on any atom is -0.348 e. The molecule has 23 heavy (non-hydrogen) atoms. The molecule has 0 radical (unpaired) electrons. The average molecular weight is 316 g/mol. The number of aromatic nitrogens is 1. The molecule has 0 bridgehead atoms. The van der Waals surface area contributed by atoms with Crippen molar-refractivity contribution in [2.24, 2.45) is 0 Å². The number of rotatable bonds is 5. The summed E-state index contributed by atoms with van der Waals surface area (Å²) in [5.74, 6) is -1.11. The number of nitrogens with one attached hydrogen (secondary N) is 1.